The highest BCUT2D eigenvalue weighted by Crippen LogP contribution is 2.38. The number of nitrogens with zero attached hydrogens (tertiary/aromatic N) is 1. The van der Waals surface area contributed by atoms with Gasteiger partial charge in [-0.1, -0.05) is 29.3 Å². The largest absolute Gasteiger partial charge is 0.490 e. The minimum Gasteiger partial charge on any atom is -0.490 e. The summed E-state index contributed by atoms with van der Waals surface area (Å²) in [5, 5.41) is 4.63. The fraction of sp³-hybridized carbons (Fsp3) is 0.308. The van der Waals surface area contributed by atoms with Crippen LogP contribution in [-0.4, -0.2) is 32.9 Å². The van der Waals surface area contributed by atoms with E-state index in [0.717, 1.165) is 47.6 Å². The van der Waals surface area contributed by atoms with Gasteiger partial charge in [0.1, 0.15) is 6.61 Å². The molecule has 0 radical (unpaired) electrons. The van der Waals surface area contributed by atoms with E-state index < -0.39 is 0 Å². The molecular formula is C26H27BrCl2N2O3. The van der Waals surface area contributed by atoms with E-state index in [4.69, 9.17) is 37.4 Å². The van der Waals surface area contributed by atoms with Crippen LogP contribution in [-0.2, 0) is 17.9 Å². The summed E-state index contributed by atoms with van der Waals surface area (Å²) in [7, 11) is 0. The van der Waals surface area contributed by atoms with Gasteiger partial charge in [-0.15, -0.1) is 0 Å². The SMILES string of the molecule is CCOc1cc(CNc2ccc(N3CCOCC3)cc2)cc(Br)c1OCc1c(Cl)cccc1Cl. The summed E-state index contributed by atoms with van der Waals surface area (Å²) < 4.78 is 18.2. The molecule has 0 amide bonds. The molecule has 180 valence electrons. The zero-order valence-electron chi connectivity index (χ0n) is 19.0. The molecule has 3 aromatic rings. The fourth-order valence-electron chi connectivity index (χ4n) is 3.76. The van der Waals surface area contributed by atoms with Gasteiger partial charge in [0.05, 0.1) is 24.3 Å². The van der Waals surface area contributed by atoms with E-state index in [2.05, 4.69) is 50.4 Å². The van der Waals surface area contributed by atoms with Crippen molar-refractivity contribution in [2.45, 2.75) is 20.1 Å². The Morgan fingerprint density at radius 1 is 1.00 bits per heavy atom. The van der Waals surface area contributed by atoms with Crippen LogP contribution in [0, 0.1) is 0 Å². The van der Waals surface area contributed by atoms with Crippen molar-refractivity contribution in [1.29, 1.82) is 0 Å². The number of rotatable bonds is 9. The molecule has 1 N–H and O–H groups in total. The number of hydrogen-bond donors (Lipinski definition) is 1. The Morgan fingerprint density at radius 2 is 1.71 bits per heavy atom. The van der Waals surface area contributed by atoms with Crippen molar-refractivity contribution in [2.75, 3.05) is 43.1 Å². The van der Waals surface area contributed by atoms with Crippen molar-refractivity contribution in [3.63, 3.8) is 0 Å². The highest BCUT2D eigenvalue weighted by atomic mass is 79.9. The Morgan fingerprint density at radius 3 is 2.38 bits per heavy atom. The number of nitrogens with one attached hydrogen (secondary N) is 1. The van der Waals surface area contributed by atoms with Crippen molar-refractivity contribution in [3.05, 3.63) is 80.2 Å². The molecule has 0 aromatic heterocycles. The van der Waals surface area contributed by atoms with Gasteiger partial charge in [-0.25, -0.2) is 0 Å². The summed E-state index contributed by atoms with van der Waals surface area (Å²) in [6.45, 7) is 6.77. The third kappa shape index (κ3) is 6.30. The average molecular weight is 566 g/mol. The van der Waals surface area contributed by atoms with Crippen LogP contribution in [0.25, 0.3) is 0 Å². The Balaban J connectivity index is 1.43. The van der Waals surface area contributed by atoms with Crippen LogP contribution in [0.5, 0.6) is 11.5 Å². The van der Waals surface area contributed by atoms with E-state index in [1.54, 1.807) is 12.1 Å². The van der Waals surface area contributed by atoms with Gasteiger partial charge in [-0.2, -0.15) is 0 Å². The third-order valence-corrected chi connectivity index (χ3v) is 6.83. The molecule has 1 saturated heterocycles. The smallest absolute Gasteiger partial charge is 0.175 e. The molecule has 1 heterocycles. The van der Waals surface area contributed by atoms with Crippen molar-refractivity contribution in [3.8, 4) is 11.5 Å². The highest BCUT2D eigenvalue weighted by molar-refractivity contribution is 9.10. The van der Waals surface area contributed by atoms with Gasteiger partial charge in [0.25, 0.3) is 0 Å². The second kappa shape index (κ2) is 12.0. The first-order chi connectivity index (χ1) is 16.5. The third-order valence-electron chi connectivity index (χ3n) is 5.53. The summed E-state index contributed by atoms with van der Waals surface area (Å²) in [4.78, 5) is 2.34. The van der Waals surface area contributed by atoms with E-state index in [-0.39, 0.29) is 6.61 Å². The van der Waals surface area contributed by atoms with Crippen LogP contribution in [0.15, 0.2) is 59.1 Å². The van der Waals surface area contributed by atoms with Gasteiger partial charge in [-0.3, -0.25) is 0 Å². The van der Waals surface area contributed by atoms with Gasteiger partial charge in [0.2, 0.25) is 0 Å². The van der Waals surface area contributed by atoms with Gasteiger partial charge in [0, 0.05) is 46.6 Å². The van der Waals surface area contributed by atoms with Crippen molar-refractivity contribution >= 4 is 50.5 Å². The number of ether oxygens (including phenoxy) is 3. The van der Waals surface area contributed by atoms with E-state index in [0.29, 0.717) is 34.7 Å². The van der Waals surface area contributed by atoms with E-state index in [1.165, 1.54) is 5.69 Å². The molecule has 0 unspecified atom stereocenters. The molecule has 34 heavy (non-hydrogen) atoms. The summed E-state index contributed by atoms with van der Waals surface area (Å²) in [5.74, 6) is 1.29. The average Bonchev–Trinajstić information content (AvgIpc) is 2.85. The maximum Gasteiger partial charge on any atom is 0.175 e. The fourth-order valence-corrected chi connectivity index (χ4v) is 4.87. The molecule has 1 aliphatic rings. The first kappa shape index (κ1) is 25.0. The lowest BCUT2D eigenvalue weighted by Gasteiger charge is -2.29. The normalized spacial score (nSPS) is 13.6. The molecule has 4 rings (SSSR count). The maximum atomic E-state index is 6.29. The van der Waals surface area contributed by atoms with Crippen LogP contribution in [0.2, 0.25) is 10.0 Å². The standard InChI is InChI=1S/C26H27BrCl2N2O3/c1-2-33-25-15-18(14-22(27)26(25)34-17-21-23(28)4-3-5-24(21)29)16-30-19-6-8-20(9-7-19)31-10-12-32-13-11-31/h3-9,14-15,30H,2,10-13,16-17H2,1H3. The molecular weight excluding hydrogens is 539 g/mol. The predicted octanol–water partition coefficient (Wildman–Crippen LogP) is 7.18. The summed E-state index contributed by atoms with van der Waals surface area (Å²) in [5.41, 5.74) is 4.08. The van der Waals surface area contributed by atoms with Crippen LogP contribution in [0.3, 0.4) is 0 Å². The monoisotopic (exact) mass is 564 g/mol. The Labute approximate surface area is 219 Å². The Kier molecular flexibility index (Phi) is 8.84. The number of anilines is 2. The molecule has 0 saturated carbocycles. The predicted molar refractivity (Wildman–Crippen MR) is 143 cm³/mol. The van der Waals surface area contributed by atoms with Gasteiger partial charge in [-0.05, 0) is 76.9 Å². The Hall–Kier alpha value is -2.12. The molecule has 0 atom stereocenters. The van der Waals surface area contributed by atoms with Crippen LogP contribution >= 0.6 is 39.1 Å². The van der Waals surface area contributed by atoms with Gasteiger partial charge < -0.3 is 24.4 Å². The minimum absolute atomic E-state index is 0.240. The van der Waals surface area contributed by atoms with Crippen LogP contribution in [0.1, 0.15) is 18.1 Å². The molecule has 1 aliphatic heterocycles. The first-order valence-electron chi connectivity index (χ1n) is 11.2. The van der Waals surface area contributed by atoms with Crippen LogP contribution < -0.4 is 19.7 Å². The molecule has 0 aliphatic carbocycles. The molecule has 5 nitrogen and oxygen atoms in total. The minimum atomic E-state index is 0.240. The number of halogens is 3. The quantitative estimate of drug-likeness (QED) is 0.297. The maximum absolute atomic E-state index is 6.29. The number of hydrogen-bond acceptors (Lipinski definition) is 5. The first-order valence-corrected chi connectivity index (χ1v) is 12.8. The second-order valence-corrected chi connectivity index (χ2v) is 9.50. The Bertz CT molecular complexity index is 1090. The van der Waals surface area contributed by atoms with Crippen molar-refractivity contribution in [1.82, 2.24) is 0 Å². The molecule has 8 heteroatoms. The second-order valence-electron chi connectivity index (χ2n) is 7.83. The van der Waals surface area contributed by atoms with E-state index in [9.17, 15) is 0 Å². The van der Waals surface area contributed by atoms with Crippen molar-refractivity contribution < 1.29 is 14.2 Å². The van der Waals surface area contributed by atoms with E-state index in [1.807, 2.05) is 25.1 Å². The highest BCUT2D eigenvalue weighted by Gasteiger charge is 2.15. The van der Waals surface area contributed by atoms with Crippen LogP contribution in [0.4, 0.5) is 11.4 Å². The summed E-state index contributed by atoms with van der Waals surface area (Å²) in [6, 6.07) is 17.9. The van der Waals surface area contributed by atoms with Crippen molar-refractivity contribution in [2.24, 2.45) is 0 Å². The summed E-state index contributed by atoms with van der Waals surface area (Å²) in [6.07, 6.45) is 0. The molecule has 1 fully saturated rings. The lowest BCUT2D eigenvalue weighted by molar-refractivity contribution is 0.122. The summed E-state index contributed by atoms with van der Waals surface area (Å²) >= 11 is 16.2. The number of morpholine rings is 1. The molecule has 0 bridgehead atoms. The molecule has 0 spiro atoms. The number of benzene rings is 3. The van der Waals surface area contributed by atoms with Gasteiger partial charge >= 0.3 is 0 Å². The zero-order valence-corrected chi connectivity index (χ0v) is 22.0. The lowest BCUT2D eigenvalue weighted by Crippen LogP contribution is -2.36. The lowest BCUT2D eigenvalue weighted by atomic mass is 10.2. The molecule has 3 aromatic carbocycles. The zero-order chi connectivity index (χ0) is 23.9. The topological polar surface area (TPSA) is 43.0 Å². The van der Waals surface area contributed by atoms with E-state index >= 15 is 0 Å². The van der Waals surface area contributed by atoms with Gasteiger partial charge in [0.15, 0.2) is 11.5 Å².